The molecule has 1 spiro atoms. The summed E-state index contributed by atoms with van der Waals surface area (Å²) in [5.74, 6) is -0.308. The Morgan fingerprint density at radius 2 is 1.94 bits per heavy atom. The van der Waals surface area contributed by atoms with E-state index in [0.717, 1.165) is 24.8 Å². The van der Waals surface area contributed by atoms with E-state index in [4.69, 9.17) is 9.47 Å². The molecular weight excluding hydrogens is 426 g/mol. The molecule has 0 bridgehead atoms. The van der Waals surface area contributed by atoms with Crippen molar-refractivity contribution < 1.29 is 29.0 Å². The summed E-state index contributed by atoms with van der Waals surface area (Å²) in [5, 5.41) is 10.4. The van der Waals surface area contributed by atoms with Crippen molar-refractivity contribution in [3.05, 3.63) is 35.9 Å². The maximum absolute atomic E-state index is 13.1. The van der Waals surface area contributed by atoms with Crippen LogP contribution in [0.5, 0.6) is 0 Å². The highest BCUT2D eigenvalue weighted by atomic mass is 16.6. The van der Waals surface area contributed by atoms with E-state index in [9.17, 15) is 19.5 Å². The van der Waals surface area contributed by atoms with Crippen molar-refractivity contribution in [1.82, 2.24) is 14.7 Å². The second-order valence-corrected chi connectivity index (χ2v) is 9.73. The van der Waals surface area contributed by atoms with Gasteiger partial charge in [0.2, 0.25) is 11.8 Å². The molecule has 5 rings (SSSR count). The second kappa shape index (κ2) is 8.61. The van der Waals surface area contributed by atoms with E-state index in [1.54, 1.807) is 16.7 Å². The molecule has 178 valence electrons. The highest BCUT2D eigenvalue weighted by Gasteiger charge is 2.53. The first kappa shape index (κ1) is 22.2. The summed E-state index contributed by atoms with van der Waals surface area (Å²) in [4.78, 5) is 43.5. The normalized spacial score (nSPS) is 30.4. The van der Waals surface area contributed by atoms with E-state index in [2.05, 4.69) is 0 Å². The molecule has 0 aromatic heterocycles. The van der Waals surface area contributed by atoms with Gasteiger partial charge in [0.05, 0.1) is 25.3 Å². The van der Waals surface area contributed by atoms with Gasteiger partial charge in [-0.1, -0.05) is 30.3 Å². The number of amides is 3. The fourth-order valence-corrected chi connectivity index (χ4v) is 5.27. The number of ether oxygens (including phenoxy) is 2. The Labute approximate surface area is 193 Å². The number of nitrogens with zero attached hydrogens (tertiary/aromatic N) is 3. The molecule has 3 amide bonds. The van der Waals surface area contributed by atoms with Gasteiger partial charge in [0.25, 0.3) is 0 Å². The van der Waals surface area contributed by atoms with Crippen molar-refractivity contribution in [3.8, 4) is 0 Å². The first-order valence-corrected chi connectivity index (χ1v) is 11.7. The van der Waals surface area contributed by atoms with Crippen molar-refractivity contribution in [1.29, 1.82) is 0 Å². The predicted octanol–water partition coefficient (Wildman–Crippen LogP) is 1.34. The molecule has 1 saturated carbocycles. The minimum atomic E-state index is -0.699. The quantitative estimate of drug-likeness (QED) is 0.733. The number of benzene rings is 1. The van der Waals surface area contributed by atoms with Crippen LogP contribution < -0.4 is 0 Å². The lowest BCUT2D eigenvalue weighted by Gasteiger charge is -2.42. The van der Waals surface area contributed by atoms with Crippen LogP contribution in [-0.4, -0.2) is 88.4 Å². The Bertz CT molecular complexity index is 920. The molecule has 3 saturated heterocycles. The summed E-state index contributed by atoms with van der Waals surface area (Å²) in [7, 11) is 0. The number of likely N-dealkylation sites (tertiary alicyclic amines) is 1. The average Bonchev–Trinajstić information content (AvgIpc) is 3.49. The van der Waals surface area contributed by atoms with E-state index in [0.29, 0.717) is 13.1 Å². The number of carbonyl (C=O) groups excluding carboxylic acids is 3. The van der Waals surface area contributed by atoms with Crippen molar-refractivity contribution in [2.24, 2.45) is 5.41 Å². The number of aliphatic hydroxyl groups excluding tert-OH is 1. The zero-order valence-corrected chi connectivity index (χ0v) is 18.9. The molecule has 0 radical (unpaired) electrons. The molecule has 3 aliphatic heterocycles. The maximum Gasteiger partial charge on any atom is 0.410 e. The molecule has 4 aliphatic rings. The highest BCUT2D eigenvalue weighted by molar-refractivity contribution is 5.88. The number of rotatable bonds is 4. The van der Waals surface area contributed by atoms with Crippen molar-refractivity contribution in [2.45, 2.75) is 63.6 Å². The van der Waals surface area contributed by atoms with Gasteiger partial charge in [-0.3, -0.25) is 14.5 Å². The molecule has 4 atom stereocenters. The van der Waals surface area contributed by atoms with Gasteiger partial charge >= 0.3 is 6.09 Å². The molecule has 9 heteroatoms. The average molecular weight is 458 g/mol. The monoisotopic (exact) mass is 457 g/mol. The third-order valence-electron chi connectivity index (χ3n) is 7.69. The van der Waals surface area contributed by atoms with Crippen LogP contribution in [0.4, 0.5) is 4.79 Å². The van der Waals surface area contributed by atoms with E-state index < -0.39 is 24.5 Å². The Balaban J connectivity index is 1.17. The topological polar surface area (TPSA) is 99.6 Å². The Morgan fingerprint density at radius 3 is 2.64 bits per heavy atom. The maximum atomic E-state index is 13.1. The molecule has 1 aliphatic carbocycles. The lowest BCUT2D eigenvalue weighted by Crippen LogP contribution is -2.62. The second-order valence-electron chi connectivity index (χ2n) is 9.73. The van der Waals surface area contributed by atoms with Crippen LogP contribution in [0.25, 0.3) is 0 Å². The fraction of sp³-hybridized carbons (Fsp3) is 0.625. The van der Waals surface area contributed by atoms with Crippen LogP contribution in [-0.2, 0) is 25.7 Å². The number of aliphatic hydroxyl groups is 1. The van der Waals surface area contributed by atoms with Crippen LogP contribution in [0.3, 0.4) is 0 Å². The number of hydrogen-bond donors (Lipinski definition) is 1. The molecule has 1 aromatic carbocycles. The van der Waals surface area contributed by atoms with E-state index in [-0.39, 0.29) is 49.5 Å². The summed E-state index contributed by atoms with van der Waals surface area (Å²) in [5.41, 5.74) is 0.907. The predicted molar refractivity (Wildman–Crippen MR) is 117 cm³/mol. The Hall–Kier alpha value is -2.65. The van der Waals surface area contributed by atoms with Crippen molar-refractivity contribution in [2.75, 3.05) is 26.2 Å². The molecule has 33 heavy (non-hydrogen) atoms. The molecule has 1 N–H and O–H groups in total. The van der Waals surface area contributed by atoms with Crippen LogP contribution in [0.2, 0.25) is 0 Å². The smallest absolute Gasteiger partial charge is 0.410 e. The zero-order valence-electron chi connectivity index (χ0n) is 18.9. The minimum absolute atomic E-state index is 0.0369. The molecule has 4 fully saturated rings. The molecule has 2 unspecified atom stereocenters. The number of piperazine rings is 1. The standard InChI is InChI=1S/C24H31N3O6/c1-16-22(30)27-18(11-20(29)25-10-9-24(7-8-24)19(28)12-25)15-32-21(27)13-26(16)23(31)33-14-17-5-3-2-4-6-17/h2-6,16,18-19,21,28H,7-15H2,1H3/t16-,18-,19?,21?/m0/s1. The van der Waals surface area contributed by atoms with Gasteiger partial charge in [0, 0.05) is 19.5 Å². The summed E-state index contributed by atoms with van der Waals surface area (Å²) in [6.07, 6.45) is 1.47. The summed E-state index contributed by atoms with van der Waals surface area (Å²) in [6, 6.07) is 8.30. The lowest BCUT2D eigenvalue weighted by atomic mass is 9.90. The third-order valence-corrected chi connectivity index (χ3v) is 7.69. The zero-order chi connectivity index (χ0) is 23.2. The van der Waals surface area contributed by atoms with Crippen LogP contribution in [0, 0.1) is 5.41 Å². The van der Waals surface area contributed by atoms with E-state index >= 15 is 0 Å². The van der Waals surface area contributed by atoms with Gasteiger partial charge in [-0.15, -0.1) is 0 Å². The Morgan fingerprint density at radius 1 is 1.18 bits per heavy atom. The van der Waals surface area contributed by atoms with Gasteiger partial charge in [-0.05, 0) is 37.2 Å². The highest BCUT2D eigenvalue weighted by Crippen LogP contribution is 2.53. The molecule has 9 nitrogen and oxygen atoms in total. The van der Waals surface area contributed by atoms with Gasteiger partial charge in [0.1, 0.15) is 12.6 Å². The van der Waals surface area contributed by atoms with E-state index in [1.165, 1.54) is 4.90 Å². The van der Waals surface area contributed by atoms with Crippen LogP contribution in [0.1, 0.15) is 38.2 Å². The number of fused-ring (bicyclic) bond motifs is 1. The first-order valence-electron chi connectivity index (χ1n) is 11.7. The molecule has 3 heterocycles. The summed E-state index contributed by atoms with van der Waals surface area (Å²) in [6.45, 7) is 3.28. The molecule has 1 aromatic rings. The largest absolute Gasteiger partial charge is 0.445 e. The number of hydrogen-bond acceptors (Lipinski definition) is 6. The van der Waals surface area contributed by atoms with Gasteiger partial charge in [-0.2, -0.15) is 0 Å². The summed E-state index contributed by atoms with van der Waals surface area (Å²) < 4.78 is 11.2. The lowest BCUT2D eigenvalue weighted by molar-refractivity contribution is -0.152. The van der Waals surface area contributed by atoms with E-state index in [1.807, 2.05) is 30.3 Å². The summed E-state index contributed by atoms with van der Waals surface area (Å²) >= 11 is 0. The minimum Gasteiger partial charge on any atom is -0.445 e. The van der Waals surface area contributed by atoms with Crippen molar-refractivity contribution >= 4 is 17.9 Å². The van der Waals surface area contributed by atoms with Gasteiger partial charge < -0.3 is 24.4 Å². The Kier molecular flexibility index (Phi) is 5.78. The number of piperidine rings is 1. The van der Waals surface area contributed by atoms with Crippen LogP contribution in [0.15, 0.2) is 30.3 Å². The first-order chi connectivity index (χ1) is 15.9. The van der Waals surface area contributed by atoms with Crippen molar-refractivity contribution in [3.63, 3.8) is 0 Å². The molecular formula is C24H31N3O6. The SMILES string of the molecule is C[C@H]1C(=O)N2C(CN1C(=O)OCc1ccccc1)OC[C@@H]2CC(=O)N1CCC2(CC2)C(O)C1. The number of β-amino-alcohol motifs (C(OH)–C–C–N with tert-alkyl or cyclic N) is 1. The van der Waals surface area contributed by atoms with Gasteiger partial charge in [-0.25, -0.2) is 4.79 Å². The number of carbonyl (C=O) groups is 3. The fourth-order valence-electron chi connectivity index (χ4n) is 5.27. The van der Waals surface area contributed by atoms with Gasteiger partial charge in [0.15, 0.2) is 6.23 Å². The third kappa shape index (κ3) is 4.19. The van der Waals surface area contributed by atoms with Crippen LogP contribution >= 0.6 is 0 Å².